The van der Waals surface area contributed by atoms with Gasteiger partial charge in [0.1, 0.15) is 12.1 Å². The van der Waals surface area contributed by atoms with Gasteiger partial charge in [-0.05, 0) is 12.8 Å². The van der Waals surface area contributed by atoms with Gasteiger partial charge in [0, 0.05) is 24.9 Å². The van der Waals surface area contributed by atoms with Crippen molar-refractivity contribution in [2.24, 2.45) is 22.2 Å². The van der Waals surface area contributed by atoms with Gasteiger partial charge in [-0.3, -0.25) is 19.4 Å². The molecule has 178 valence electrons. The van der Waals surface area contributed by atoms with Crippen molar-refractivity contribution in [2.75, 3.05) is 19.7 Å². The Morgan fingerprint density at radius 1 is 1.16 bits per heavy atom. The molecular weight excluding hydrogens is 426 g/mol. The second-order valence-electron chi connectivity index (χ2n) is 6.76. The van der Waals surface area contributed by atoms with Crippen LogP contribution in [0.1, 0.15) is 18.5 Å². The summed E-state index contributed by atoms with van der Waals surface area (Å²) in [5.41, 5.74) is 16.7. The average Bonchev–Trinajstić information content (AvgIpc) is 3.24. The Morgan fingerprint density at radius 3 is 2.44 bits per heavy atom. The highest BCUT2D eigenvalue weighted by molar-refractivity contribution is 5.92. The Balaban J connectivity index is 2.48. The molecule has 3 amide bonds. The average molecular weight is 455 g/mol. The van der Waals surface area contributed by atoms with E-state index in [1.54, 1.807) is 0 Å². The number of aromatic amines is 1. The van der Waals surface area contributed by atoms with Gasteiger partial charge in [0.25, 0.3) is 0 Å². The number of rotatable bonds is 14. The molecule has 0 saturated carbocycles. The van der Waals surface area contributed by atoms with Gasteiger partial charge in [0.2, 0.25) is 17.7 Å². The Bertz CT molecular complexity index is 794. The van der Waals surface area contributed by atoms with Crippen molar-refractivity contribution in [3.05, 3.63) is 18.2 Å². The van der Waals surface area contributed by atoms with Gasteiger partial charge >= 0.3 is 5.97 Å². The van der Waals surface area contributed by atoms with Crippen LogP contribution in [0.15, 0.2) is 17.5 Å². The monoisotopic (exact) mass is 455 g/mol. The third-order valence-electron chi connectivity index (χ3n) is 4.15. The Hall–Kier alpha value is -3.72. The normalized spacial score (nSPS) is 13.3. The molecule has 0 aliphatic carbocycles. The summed E-state index contributed by atoms with van der Waals surface area (Å²) in [6, 6.07) is -3.63. The van der Waals surface area contributed by atoms with Crippen LogP contribution in [0.2, 0.25) is 0 Å². The third-order valence-corrected chi connectivity index (χ3v) is 4.15. The van der Waals surface area contributed by atoms with Crippen molar-refractivity contribution < 1.29 is 29.4 Å². The van der Waals surface area contributed by atoms with Crippen molar-refractivity contribution in [2.45, 2.75) is 37.4 Å². The third kappa shape index (κ3) is 9.86. The summed E-state index contributed by atoms with van der Waals surface area (Å²) >= 11 is 0. The lowest BCUT2D eigenvalue weighted by molar-refractivity contribution is -0.142. The first-order valence-electron chi connectivity index (χ1n) is 9.63. The smallest absolute Gasteiger partial charge is 0.326 e. The van der Waals surface area contributed by atoms with Gasteiger partial charge in [0.05, 0.1) is 25.5 Å². The van der Waals surface area contributed by atoms with E-state index in [-0.39, 0.29) is 31.8 Å². The quantitative estimate of drug-likeness (QED) is 0.0736. The molecule has 0 spiro atoms. The molecule has 0 aliphatic heterocycles. The summed E-state index contributed by atoms with van der Waals surface area (Å²) in [5, 5.41) is 25.4. The van der Waals surface area contributed by atoms with Gasteiger partial charge in [-0.1, -0.05) is 0 Å². The number of imidazole rings is 1. The maximum absolute atomic E-state index is 12.3. The molecule has 0 saturated heterocycles. The van der Waals surface area contributed by atoms with Crippen LogP contribution in [-0.4, -0.2) is 87.7 Å². The number of aliphatic hydroxyl groups is 1. The highest BCUT2D eigenvalue weighted by Gasteiger charge is 2.26. The summed E-state index contributed by atoms with van der Waals surface area (Å²) in [7, 11) is 0. The molecule has 1 aromatic rings. The number of carbonyl (C=O) groups is 4. The van der Waals surface area contributed by atoms with Crippen molar-refractivity contribution in [1.82, 2.24) is 25.9 Å². The lowest BCUT2D eigenvalue weighted by atomic mass is 10.1. The largest absolute Gasteiger partial charge is 0.480 e. The first-order valence-corrected chi connectivity index (χ1v) is 9.63. The lowest BCUT2D eigenvalue weighted by Crippen LogP contribution is -2.55. The molecule has 12 N–H and O–H groups in total. The molecule has 3 atom stereocenters. The summed E-state index contributed by atoms with van der Waals surface area (Å²) in [6.45, 7) is -1.12. The molecule has 0 bridgehead atoms. The number of aliphatic carboxylic acids is 1. The first-order chi connectivity index (χ1) is 15.1. The van der Waals surface area contributed by atoms with Gasteiger partial charge in [-0.25, -0.2) is 9.78 Å². The number of nitrogens with one attached hydrogen (secondary N) is 4. The zero-order chi connectivity index (χ0) is 24.1. The molecule has 1 aromatic heterocycles. The number of nitrogens with two attached hydrogens (primary N) is 3. The molecule has 32 heavy (non-hydrogen) atoms. The number of carboxylic acid groups (broad SMARTS) is 1. The van der Waals surface area contributed by atoms with Crippen LogP contribution in [0.4, 0.5) is 0 Å². The highest BCUT2D eigenvalue weighted by atomic mass is 16.4. The fraction of sp³-hybridized carbons (Fsp3) is 0.529. The van der Waals surface area contributed by atoms with E-state index in [2.05, 4.69) is 30.9 Å². The van der Waals surface area contributed by atoms with Gasteiger partial charge < -0.3 is 48.3 Å². The minimum absolute atomic E-state index is 0.0220. The number of H-pyrrole nitrogens is 1. The SMILES string of the molecule is NC(N)=NCCCC(NC(=O)C(CO)NC(=O)CNC(=O)C(N)Cc1cnc[nH]1)C(=O)O. The van der Waals surface area contributed by atoms with Crippen molar-refractivity contribution >= 4 is 29.7 Å². The van der Waals surface area contributed by atoms with Crippen LogP contribution in [0.3, 0.4) is 0 Å². The fourth-order valence-corrected chi connectivity index (χ4v) is 2.50. The van der Waals surface area contributed by atoms with E-state index in [4.69, 9.17) is 17.2 Å². The van der Waals surface area contributed by atoms with Crippen LogP contribution < -0.4 is 33.2 Å². The minimum atomic E-state index is -1.42. The van der Waals surface area contributed by atoms with Crippen LogP contribution in [0.25, 0.3) is 0 Å². The van der Waals surface area contributed by atoms with E-state index >= 15 is 0 Å². The van der Waals surface area contributed by atoms with E-state index in [1.807, 2.05) is 0 Å². The summed E-state index contributed by atoms with van der Waals surface area (Å²) in [5.74, 6) is -3.73. The number of hydrogen-bond donors (Lipinski definition) is 9. The molecule has 0 aromatic carbocycles. The molecule has 15 nitrogen and oxygen atoms in total. The number of amides is 3. The van der Waals surface area contributed by atoms with Crippen molar-refractivity contribution in [3.63, 3.8) is 0 Å². The topological polar surface area (TPSA) is 264 Å². The molecule has 1 heterocycles. The van der Waals surface area contributed by atoms with E-state index in [0.717, 1.165) is 0 Å². The Morgan fingerprint density at radius 2 is 1.88 bits per heavy atom. The van der Waals surface area contributed by atoms with E-state index in [1.165, 1.54) is 12.5 Å². The van der Waals surface area contributed by atoms with Crippen molar-refractivity contribution in [1.29, 1.82) is 0 Å². The van der Waals surface area contributed by atoms with Crippen LogP contribution in [0, 0.1) is 0 Å². The molecule has 0 fully saturated rings. The minimum Gasteiger partial charge on any atom is -0.480 e. The van der Waals surface area contributed by atoms with Crippen molar-refractivity contribution in [3.8, 4) is 0 Å². The Labute approximate surface area is 183 Å². The maximum Gasteiger partial charge on any atom is 0.326 e. The highest BCUT2D eigenvalue weighted by Crippen LogP contribution is 2.00. The first kappa shape index (κ1) is 26.3. The number of aromatic nitrogens is 2. The van der Waals surface area contributed by atoms with E-state index < -0.39 is 55.0 Å². The number of nitrogens with zero attached hydrogens (tertiary/aromatic N) is 2. The van der Waals surface area contributed by atoms with Crippen LogP contribution in [0.5, 0.6) is 0 Å². The summed E-state index contributed by atoms with van der Waals surface area (Å²) in [4.78, 5) is 57.9. The zero-order valence-electron chi connectivity index (χ0n) is 17.3. The fourth-order valence-electron chi connectivity index (χ4n) is 2.50. The number of aliphatic hydroxyl groups excluding tert-OH is 1. The van der Waals surface area contributed by atoms with Gasteiger partial charge in [0.15, 0.2) is 5.96 Å². The molecule has 1 rings (SSSR count). The molecular formula is C17H29N9O6. The molecule has 0 aliphatic rings. The molecule has 3 unspecified atom stereocenters. The van der Waals surface area contributed by atoms with Gasteiger partial charge in [-0.2, -0.15) is 0 Å². The molecule has 15 heteroatoms. The molecule has 0 radical (unpaired) electrons. The van der Waals surface area contributed by atoms with E-state index in [0.29, 0.717) is 5.69 Å². The predicted octanol–water partition coefficient (Wildman–Crippen LogP) is -4.50. The summed E-state index contributed by atoms with van der Waals surface area (Å²) in [6.07, 6.45) is 3.42. The second-order valence-corrected chi connectivity index (χ2v) is 6.76. The van der Waals surface area contributed by atoms with Crippen LogP contribution in [-0.2, 0) is 25.6 Å². The Kier molecular flexibility index (Phi) is 11.1. The summed E-state index contributed by atoms with van der Waals surface area (Å²) < 4.78 is 0. The number of hydrogen-bond acceptors (Lipinski definition) is 8. The number of aliphatic imine (C=N–C) groups is 1. The lowest BCUT2D eigenvalue weighted by Gasteiger charge is -2.20. The zero-order valence-corrected chi connectivity index (χ0v) is 17.3. The standard InChI is InChI=1S/C17H29N9O6/c18-10(4-9-5-21-8-24-9)14(29)23-6-13(28)25-12(7-27)15(30)26-11(16(31)32)2-1-3-22-17(19)20/h5,8,10-12,27H,1-4,6-7,18H2,(H,21,24)(H,23,29)(H,25,28)(H,26,30)(H,31,32)(H4,19,20,22). The van der Waals surface area contributed by atoms with E-state index in [9.17, 15) is 29.4 Å². The maximum atomic E-state index is 12.3. The second kappa shape index (κ2) is 13.6. The number of guanidine groups is 1. The predicted molar refractivity (Wildman–Crippen MR) is 112 cm³/mol. The van der Waals surface area contributed by atoms with Gasteiger partial charge in [-0.15, -0.1) is 0 Å². The van der Waals surface area contributed by atoms with Crippen LogP contribution >= 0.6 is 0 Å². The number of carboxylic acids is 1. The number of carbonyl (C=O) groups excluding carboxylic acids is 3.